The van der Waals surface area contributed by atoms with Crippen molar-refractivity contribution in [1.29, 1.82) is 0 Å². The van der Waals surface area contributed by atoms with E-state index in [1.807, 2.05) is 0 Å². The fraction of sp³-hybridized carbons (Fsp3) is 0.263. The minimum atomic E-state index is -2.29. The number of benzene rings is 2. The van der Waals surface area contributed by atoms with Gasteiger partial charge in [0.2, 0.25) is 0 Å². The van der Waals surface area contributed by atoms with E-state index in [9.17, 15) is 22.6 Å². The summed E-state index contributed by atoms with van der Waals surface area (Å²) in [6, 6.07) is 7.81. The third-order valence-electron chi connectivity index (χ3n) is 4.68. The lowest BCUT2D eigenvalue weighted by Crippen LogP contribution is -2.50. The maximum atomic E-state index is 13.9. The van der Waals surface area contributed by atoms with Crippen LogP contribution in [0.1, 0.15) is 20.7 Å². The minimum Gasteiger partial charge on any atom is -0.495 e. The van der Waals surface area contributed by atoms with E-state index in [2.05, 4.69) is 4.72 Å². The van der Waals surface area contributed by atoms with Crippen molar-refractivity contribution in [2.45, 2.75) is 0 Å². The van der Waals surface area contributed by atoms with Crippen LogP contribution < -0.4 is 9.46 Å². The van der Waals surface area contributed by atoms with Gasteiger partial charge in [-0.2, -0.15) is 0 Å². The molecule has 1 atom stereocenters. The van der Waals surface area contributed by atoms with Crippen molar-refractivity contribution in [3.05, 3.63) is 59.2 Å². The number of methoxy groups -OCH3 is 1. The first kappa shape index (κ1) is 21.7. The van der Waals surface area contributed by atoms with Crippen LogP contribution in [0.5, 0.6) is 5.75 Å². The van der Waals surface area contributed by atoms with Crippen LogP contribution in [0.4, 0.5) is 14.5 Å². The highest BCUT2D eigenvalue weighted by Gasteiger charge is 2.28. The number of rotatable bonds is 5. The summed E-state index contributed by atoms with van der Waals surface area (Å²) in [5.41, 5.74) is 0.211. The zero-order valence-electron chi connectivity index (χ0n) is 15.9. The molecule has 0 aliphatic carbocycles. The Kier molecular flexibility index (Phi) is 6.63. The number of nitrogens with zero attached hydrogens (tertiary/aromatic N) is 2. The zero-order chi connectivity index (χ0) is 21.8. The van der Waals surface area contributed by atoms with Crippen molar-refractivity contribution in [2.75, 3.05) is 38.0 Å². The molecular weight excluding hydrogens is 420 g/mol. The number of carbonyl (C=O) groups is 2. The van der Waals surface area contributed by atoms with Crippen molar-refractivity contribution in [3.8, 4) is 5.75 Å². The fourth-order valence-electron chi connectivity index (χ4n) is 3.14. The number of amides is 2. The molecule has 1 aliphatic heterocycles. The molecule has 1 unspecified atom stereocenters. The van der Waals surface area contributed by atoms with Crippen LogP contribution in [-0.4, -0.2) is 63.7 Å². The molecule has 1 heterocycles. The Balaban J connectivity index is 1.67. The number of halogens is 2. The third-order valence-corrected chi connectivity index (χ3v) is 5.08. The van der Waals surface area contributed by atoms with Gasteiger partial charge in [-0.3, -0.25) is 18.9 Å². The van der Waals surface area contributed by atoms with Crippen molar-refractivity contribution >= 4 is 28.8 Å². The summed E-state index contributed by atoms with van der Waals surface area (Å²) < 4.78 is 54.6. The van der Waals surface area contributed by atoms with E-state index in [4.69, 9.17) is 9.29 Å². The number of hydrogen-bond donors (Lipinski definition) is 2. The molecule has 8 nitrogen and oxygen atoms in total. The second kappa shape index (κ2) is 9.18. The monoisotopic (exact) mass is 439 g/mol. The van der Waals surface area contributed by atoms with Gasteiger partial charge in [0.1, 0.15) is 5.75 Å². The van der Waals surface area contributed by atoms with Crippen molar-refractivity contribution in [2.24, 2.45) is 0 Å². The zero-order valence-corrected chi connectivity index (χ0v) is 16.7. The molecule has 2 amide bonds. The van der Waals surface area contributed by atoms with E-state index in [-0.39, 0.29) is 49.1 Å². The first-order valence-electron chi connectivity index (χ1n) is 8.90. The molecule has 30 heavy (non-hydrogen) atoms. The number of carbonyl (C=O) groups excluding carboxylic acids is 2. The van der Waals surface area contributed by atoms with Crippen LogP contribution >= 0.6 is 0 Å². The molecule has 0 radical (unpaired) electrons. The second-order valence-corrected chi connectivity index (χ2v) is 7.15. The largest absolute Gasteiger partial charge is 0.495 e. The first-order valence-corrected chi connectivity index (χ1v) is 10.0. The number of ether oxygens (including phenoxy) is 1. The summed E-state index contributed by atoms with van der Waals surface area (Å²) in [7, 11) is 1.37. The molecule has 3 rings (SSSR count). The average molecular weight is 439 g/mol. The van der Waals surface area contributed by atoms with E-state index in [1.165, 1.54) is 47.2 Å². The van der Waals surface area contributed by atoms with Crippen LogP contribution in [0.2, 0.25) is 0 Å². The van der Waals surface area contributed by atoms with Crippen LogP contribution in [0.25, 0.3) is 0 Å². The van der Waals surface area contributed by atoms with E-state index < -0.39 is 28.8 Å². The Hall–Kier alpha value is -3.05. The lowest BCUT2D eigenvalue weighted by atomic mass is 10.1. The van der Waals surface area contributed by atoms with Gasteiger partial charge in [0, 0.05) is 31.7 Å². The molecule has 0 saturated carbocycles. The van der Waals surface area contributed by atoms with Crippen molar-refractivity contribution in [1.82, 2.24) is 9.80 Å². The maximum Gasteiger partial charge on any atom is 0.259 e. The summed E-state index contributed by atoms with van der Waals surface area (Å²) in [6.07, 6.45) is 0. The van der Waals surface area contributed by atoms with Gasteiger partial charge in [-0.25, -0.2) is 13.0 Å². The van der Waals surface area contributed by atoms with Gasteiger partial charge in [-0.1, -0.05) is 6.07 Å². The molecule has 160 valence electrons. The number of nitrogens with one attached hydrogen (secondary N) is 1. The highest BCUT2D eigenvalue weighted by molar-refractivity contribution is 7.80. The molecule has 0 aromatic heterocycles. The molecule has 1 fully saturated rings. The van der Waals surface area contributed by atoms with Gasteiger partial charge in [-0.05, 0) is 30.3 Å². The predicted octanol–water partition coefficient (Wildman–Crippen LogP) is 2.12. The van der Waals surface area contributed by atoms with E-state index in [0.29, 0.717) is 5.56 Å². The lowest BCUT2D eigenvalue weighted by Gasteiger charge is -2.35. The van der Waals surface area contributed by atoms with Gasteiger partial charge >= 0.3 is 0 Å². The lowest BCUT2D eigenvalue weighted by molar-refractivity contribution is 0.0532. The number of hydrogen-bond acceptors (Lipinski definition) is 4. The Labute approximate surface area is 173 Å². The SMILES string of the molecule is COc1cc(C(=O)N2CCN(C(=O)c3cccc(F)c3F)CC2)ccc1NS(=O)O. The van der Waals surface area contributed by atoms with E-state index in [0.717, 1.165) is 6.07 Å². The Morgan fingerprint density at radius 1 is 1.07 bits per heavy atom. The molecule has 2 aromatic carbocycles. The fourth-order valence-corrected chi connectivity index (χ4v) is 3.49. The third kappa shape index (κ3) is 4.57. The molecule has 11 heteroatoms. The van der Waals surface area contributed by atoms with Crippen LogP contribution in [0, 0.1) is 11.6 Å². The summed E-state index contributed by atoms with van der Waals surface area (Å²) in [5.74, 6) is -3.00. The van der Waals surface area contributed by atoms with Crippen LogP contribution in [0.15, 0.2) is 36.4 Å². The molecular formula is C19H19F2N3O5S. The Morgan fingerprint density at radius 3 is 2.30 bits per heavy atom. The van der Waals surface area contributed by atoms with Gasteiger partial charge in [0.15, 0.2) is 11.6 Å². The van der Waals surface area contributed by atoms with Gasteiger partial charge in [0.05, 0.1) is 18.4 Å². The average Bonchev–Trinajstić information content (AvgIpc) is 2.74. The Morgan fingerprint density at radius 2 is 1.70 bits per heavy atom. The first-order chi connectivity index (χ1) is 14.3. The summed E-state index contributed by atoms with van der Waals surface area (Å²) >= 11 is -2.29. The van der Waals surface area contributed by atoms with Gasteiger partial charge in [-0.15, -0.1) is 0 Å². The van der Waals surface area contributed by atoms with Gasteiger partial charge < -0.3 is 14.5 Å². The van der Waals surface area contributed by atoms with Crippen LogP contribution in [0.3, 0.4) is 0 Å². The normalized spacial score (nSPS) is 14.9. The van der Waals surface area contributed by atoms with E-state index >= 15 is 0 Å². The minimum absolute atomic E-state index is 0.167. The topological polar surface area (TPSA) is 99.2 Å². The van der Waals surface area contributed by atoms with Crippen molar-refractivity contribution < 1.29 is 31.9 Å². The summed E-state index contributed by atoms with van der Waals surface area (Å²) in [6.45, 7) is 0.760. The maximum absolute atomic E-state index is 13.9. The van der Waals surface area contributed by atoms with Crippen LogP contribution in [-0.2, 0) is 11.3 Å². The summed E-state index contributed by atoms with van der Waals surface area (Å²) in [4.78, 5) is 28.1. The van der Waals surface area contributed by atoms with E-state index in [1.54, 1.807) is 0 Å². The highest BCUT2D eigenvalue weighted by atomic mass is 32.2. The van der Waals surface area contributed by atoms with Gasteiger partial charge in [0.25, 0.3) is 23.1 Å². The molecule has 2 aromatic rings. The molecule has 2 N–H and O–H groups in total. The number of piperazine rings is 1. The van der Waals surface area contributed by atoms with Crippen molar-refractivity contribution in [3.63, 3.8) is 0 Å². The molecule has 1 aliphatic rings. The number of anilines is 1. The summed E-state index contributed by atoms with van der Waals surface area (Å²) in [5, 5.41) is 0. The smallest absolute Gasteiger partial charge is 0.259 e. The second-order valence-electron chi connectivity index (χ2n) is 6.45. The molecule has 0 bridgehead atoms. The Bertz CT molecular complexity index is 996. The standard InChI is InChI=1S/C19H19F2N3O5S/c1-29-16-11-12(5-6-15(16)22-30(27)28)18(25)23-7-9-24(10-8-23)19(26)13-3-2-4-14(20)17(13)21/h2-6,11,22H,7-10H2,1H3,(H,27,28). The predicted molar refractivity (Wildman–Crippen MR) is 106 cm³/mol. The quantitative estimate of drug-likeness (QED) is 0.696. The molecule has 1 saturated heterocycles. The molecule has 0 spiro atoms. The highest BCUT2D eigenvalue weighted by Crippen LogP contribution is 2.27.